The predicted octanol–water partition coefficient (Wildman–Crippen LogP) is 1.60. The van der Waals surface area contributed by atoms with Crippen molar-refractivity contribution in [2.24, 2.45) is 5.73 Å². The van der Waals surface area contributed by atoms with Gasteiger partial charge in [-0.3, -0.25) is 9.36 Å². The quantitative estimate of drug-likeness (QED) is 0.400. The van der Waals surface area contributed by atoms with Crippen LogP contribution in [-0.2, 0) is 19.4 Å². The molecule has 0 amide bonds. The molecule has 9 nitrogen and oxygen atoms in total. The molecular weight excluding hydrogens is 492 g/mol. The molecule has 3 aromatic heterocycles. The number of esters is 1. The van der Waals surface area contributed by atoms with Gasteiger partial charge < -0.3 is 19.3 Å². The van der Waals surface area contributed by atoms with Crippen molar-refractivity contribution in [2.45, 2.75) is 10.8 Å². The standard InChI is InChI=1S/C24H18N2O7S2/c1-31-24(28)19-18(16-10-6-12-33-16)20(35(29,30)15-8-3-2-4-9-15)21(25)26-22(27)17(34-23(19)26)13-14-7-5-11-32-14/h2-13,18H,25H2,1H3/b17-13+/t18-/m1/s1. The third-order valence-electron chi connectivity index (χ3n) is 5.49. The van der Waals surface area contributed by atoms with Crippen LogP contribution in [0.5, 0.6) is 0 Å². The van der Waals surface area contributed by atoms with E-state index >= 15 is 0 Å². The summed E-state index contributed by atoms with van der Waals surface area (Å²) in [6.45, 7) is 0. The molecule has 0 fully saturated rings. The number of furan rings is 2. The largest absolute Gasteiger partial charge is 0.468 e. The number of carbonyl (C=O) groups is 1. The van der Waals surface area contributed by atoms with E-state index in [-0.39, 0.29) is 36.2 Å². The van der Waals surface area contributed by atoms with E-state index in [0.29, 0.717) is 5.76 Å². The molecule has 5 rings (SSSR count). The smallest absolute Gasteiger partial charge is 0.337 e. The average molecular weight is 511 g/mol. The second kappa shape index (κ2) is 8.60. The third-order valence-corrected chi connectivity index (χ3v) is 8.52. The summed E-state index contributed by atoms with van der Waals surface area (Å²) < 4.78 is 45.0. The van der Waals surface area contributed by atoms with Crippen molar-refractivity contribution in [3.05, 3.63) is 103 Å². The fraction of sp³-hybridized carbons (Fsp3) is 0.0833. The summed E-state index contributed by atoms with van der Waals surface area (Å²) in [6.07, 6.45) is 4.31. The number of fused-ring (bicyclic) bond motifs is 1. The van der Waals surface area contributed by atoms with Crippen molar-refractivity contribution in [2.75, 3.05) is 7.11 Å². The van der Waals surface area contributed by atoms with Gasteiger partial charge in [-0.1, -0.05) is 18.2 Å². The molecule has 0 spiro atoms. The number of nitrogens with two attached hydrogens (primary N) is 1. The van der Waals surface area contributed by atoms with E-state index in [1.807, 2.05) is 0 Å². The van der Waals surface area contributed by atoms with Crippen LogP contribution in [0.15, 0.2) is 90.6 Å². The monoisotopic (exact) mass is 510 g/mol. The maximum atomic E-state index is 13.9. The normalized spacial score (nSPS) is 16.4. The molecule has 1 aliphatic rings. The maximum absolute atomic E-state index is 13.9. The van der Waals surface area contributed by atoms with Gasteiger partial charge in [0.25, 0.3) is 5.56 Å². The molecule has 0 saturated heterocycles. The predicted molar refractivity (Wildman–Crippen MR) is 128 cm³/mol. The highest BCUT2D eigenvalue weighted by molar-refractivity contribution is 7.95. The molecule has 0 radical (unpaired) electrons. The Morgan fingerprint density at radius 3 is 2.43 bits per heavy atom. The van der Waals surface area contributed by atoms with Crippen LogP contribution in [0.25, 0.3) is 17.5 Å². The second-order valence-corrected chi connectivity index (χ2v) is 10.4. The minimum atomic E-state index is -4.28. The summed E-state index contributed by atoms with van der Waals surface area (Å²) in [4.78, 5) is 26.1. The summed E-state index contributed by atoms with van der Waals surface area (Å²) in [6, 6.07) is 14.1. The summed E-state index contributed by atoms with van der Waals surface area (Å²) in [5, 5.41) is 0. The number of ether oxygens (including phenoxy) is 1. The highest BCUT2D eigenvalue weighted by Crippen LogP contribution is 2.42. The van der Waals surface area contributed by atoms with Gasteiger partial charge in [0, 0.05) is 6.08 Å². The minimum Gasteiger partial charge on any atom is -0.468 e. The third kappa shape index (κ3) is 3.65. The second-order valence-electron chi connectivity index (χ2n) is 7.49. The lowest BCUT2D eigenvalue weighted by Gasteiger charge is -2.26. The molecule has 178 valence electrons. The summed E-state index contributed by atoms with van der Waals surface area (Å²) in [5.74, 6) is -1.82. The molecule has 1 aromatic carbocycles. The summed E-state index contributed by atoms with van der Waals surface area (Å²) >= 11 is 0.972. The number of aromatic nitrogens is 1. The first-order valence-electron chi connectivity index (χ1n) is 10.3. The van der Waals surface area contributed by atoms with Crippen molar-refractivity contribution in [1.82, 2.24) is 4.57 Å². The molecule has 0 saturated carbocycles. The Kier molecular flexibility index (Phi) is 5.58. The molecule has 0 unspecified atom stereocenters. The van der Waals surface area contributed by atoms with Gasteiger partial charge >= 0.3 is 5.97 Å². The number of hydrogen-bond acceptors (Lipinski definition) is 9. The number of allylic oxidation sites excluding steroid dienone is 1. The fourth-order valence-electron chi connectivity index (χ4n) is 3.96. The molecule has 0 aliphatic carbocycles. The van der Waals surface area contributed by atoms with Gasteiger partial charge in [0.1, 0.15) is 26.9 Å². The van der Waals surface area contributed by atoms with E-state index in [9.17, 15) is 18.0 Å². The van der Waals surface area contributed by atoms with Crippen LogP contribution >= 0.6 is 11.3 Å². The minimum absolute atomic E-state index is 0.0483. The molecule has 11 heteroatoms. The van der Waals surface area contributed by atoms with E-state index in [0.717, 1.165) is 15.9 Å². The van der Waals surface area contributed by atoms with Crippen LogP contribution in [0.3, 0.4) is 0 Å². The number of rotatable bonds is 5. The highest BCUT2D eigenvalue weighted by Gasteiger charge is 2.43. The van der Waals surface area contributed by atoms with Gasteiger partial charge in [0.05, 0.1) is 40.6 Å². The Labute approximate surface area is 202 Å². The zero-order chi connectivity index (χ0) is 24.7. The molecule has 4 aromatic rings. The van der Waals surface area contributed by atoms with Gasteiger partial charge in [-0.2, -0.15) is 0 Å². The summed E-state index contributed by atoms with van der Waals surface area (Å²) in [5.41, 5.74) is 5.75. The zero-order valence-electron chi connectivity index (χ0n) is 18.2. The number of methoxy groups -OCH3 is 1. The highest BCUT2D eigenvalue weighted by atomic mass is 32.2. The number of sulfone groups is 1. The van der Waals surface area contributed by atoms with E-state index in [1.165, 1.54) is 37.8 Å². The van der Waals surface area contributed by atoms with Crippen LogP contribution in [-0.4, -0.2) is 26.1 Å². The number of nitrogens with zero attached hydrogens (tertiary/aromatic N) is 1. The molecule has 1 aliphatic heterocycles. The first-order valence-corrected chi connectivity index (χ1v) is 12.6. The first-order chi connectivity index (χ1) is 16.8. The van der Waals surface area contributed by atoms with E-state index in [4.69, 9.17) is 19.3 Å². The van der Waals surface area contributed by atoms with Crippen LogP contribution in [0.1, 0.15) is 17.4 Å². The van der Waals surface area contributed by atoms with E-state index in [1.54, 1.807) is 42.5 Å². The van der Waals surface area contributed by atoms with Gasteiger partial charge in [0.2, 0.25) is 9.84 Å². The van der Waals surface area contributed by atoms with E-state index < -0.39 is 27.3 Å². The number of thiazole rings is 1. The Morgan fingerprint density at radius 2 is 1.80 bits per heavy atom. The van der Waals surface area contributed by atoms with Crippen LogP contribution in [0.4, 0.5) is 0 Å². The lowest BCUT2D eigenvalue weighted by molar-refractivity contribution is -0.134. The topological polar surface area (TPSA) is 135 Å². The first kappa shape index (κ1) is 22.7. The molecule has 35 heavy (non-hydrogen) atoms. The lowest BCUT2D eigenvalue weighted by Crippen LogP contribution is -2.41. The molecule has 4 heterocycles. The molecule has 1 atom stereocenters. The lowest BCUT2D eigenvalue weighted by atomic mass is 9.94. The molecule has 0 bridgehead atoms. The number of benzene rings is 1. The van der Waals surface area contributed by atoms with Crippen LogP contribution in [0.2, 0.25) is 0 Å². The van der Waals surface area contributed by atoms with Gasteiger partial charge in [-0.25, -0.2) is 13.2 Å². The Morgan fingerprint density at radius 1 is 1.09 bits per heavy atom. The Hall–Kier alpha value is -4.09. The Bertz CT molecular complexity index is 1730. The Balaban J connectivity index is 1.93. The number of carbonyl (C=O) groups excluding carboxylic acids is 1. The van der Waals surface area contributed by atoms with Crippen molar-refractivity contribution < 1.29 is 26.8 Å². The average Bonchev–Trinajstić information content (AvgIpc) is 3.62. The van der Waals surface area contributed by atoms with Crippen LogP contribution < -0.4 is 20.5 Å². The van der Waals surface area contributed by atoms with Crippen molar-refractivity contribution in [3.8, 4) is 0 Å². The number of hydrogen-bond donors (Lipinski definition) is 1. The van der Waals surface area contributed by atoms with Gasteiger partial charge in [-0.05, 0) is 36.4 Å². The fourth-order valence-corrected chi connectivity index (χ4v) is 6.78. The van der Waals surface area contributed by atoms with Gasteiger partial charge in [0.15, 0.2) is 0 Å². The van der Waals surface area contributed by atoms with Gasteiger partial charge in [-0.15, -0.1) is 11.3 Å². The van der Waals surface area contributed by atoms with Crippen molar-refractivity contribution in [3.63, 3.8) is 0 Å². The maximum Gasteiger partial charge on any atom is 0.337 e. The van der Waals surface area contributed by atoms with Crippen molar-refractivity contribution in [1.29, 1.82) is 0 Å². The zero-order valence-corrected chi connectivity index (χ0v) is 19.8. The molecule has 2 N–H and O–H groups in total. The summed E-state index contributed by atoms with van der Waals surface area (Å²) in [7, 11) is -3.10. The molecular formula is C24H18N2O7S2. The SMILES string of the molecule is COC(=O)C1=c2s/c(=C/c3ccco3)c(=O)n2C(N)=C(S(=O)(=O)c2ccccc2)[C@@H]1c1ccco1. The van der Waals surface area contributed by atoms with Crippen molar-refractivity contribution >= 4 is 44.6 Å². The van der Waals surface area contributed by atoms with Crippen LogP contribution in [0, 0.1) is 0 Å². The van der Waals surface area contributed by atoms with E-state index in [2.05, 4.69) is 0 Å².